The summed E-state index contributed by atoms with van der Waals surface area (Å²) in [7, 11) is 0. The number of benzene rings is 1. The molecule has 0 bridgehead atoms. The van der Waals surface area contributed by atoms with Crippen molar-refractivity contribution in [3.8, 4) is 0 Å². The monoisotopic (exact) mass is 327 g/mol. The van der Waals surface area contributed by atoms with E-state index in [1.54, 1.807) is 0 Å². The Morgan fingerprint density at radius 2 is 2.12 bits per heavy atom. The third kappa shape index (κ3) is 2.52. The van der Waals surface area contributed by atoms with E-state index in [1.165, 1.54) is 31.2 Å². The maximum absolute atomic E-state index is 6.27. The molecule has 1 saturated heterocycles. The molecule has 3 atom stereocenters. The van der Waals surface area contributed by atoms with Crippen molar-refractivity contribution in [3.05, 3.63) is 29.8 Å². The maximum Gasteiger partial charge on any atom is 0.193 e. The molecule has 1 heterocycles. The fraction of sp³-hybridized carbons (Fsp3) is 0.650. The highest BCUT2D eigenvalue weighted by Crippen LogP contribution is 2.62. The number of aliphatic imine (C=N–C) groups is 1. The molecule has 3 aliphatic rings. The molecule has 1 spiro atoms. The standard InChI is InChI=1S/C20H29N3O/c1-13(2)14-6-5-7-15(12-14)22-19(21)23-17-16-8-11-24-18(16)20(17)9-3-4-10-20/h5-7,12-13,16-18H,3-4,8-11H2,1-2H3,(H3,21,22,23). The van der Waals surface area contributed by atoms with E-state index in [4.69, 9.17) is 15.5 Å². The van der Waals surface area contributed by atoms with Gasteiger partial charge in [0.25, 0.3) is 0 Å². The third-order valence-corrected chi connectivity index (χ3v) is 6.34. The highest BCUT2D eigenvalue weighted by molar-refractivity contribution is 5.92. The molecule has 4 heteroatoms. The number of anilines is 1. The lowest BCUT2D eigenvalue weighted by molar-refractivity contribution is -0.117. The first-order chi connectivity index (χ1) is 11.6. The number of hydrogen-bond donors (Lipinski definition) is 2. The van der Waals surface area contributed by atoms with Gasteiger partial charge in [-0.2, -0.15) is 0 Å². The van der Waals surface area contributed by atoms with Crippen LogP contribution in [0.15, 0.2) is 29.3 Å². The minimum Gasteiger partial charge on any atom is -0.377 e. The van der Waals surface area contributed by atoms with E-state index in [0.29, 0.717) is 29.9 Å². The van der Waals surface area contributed by atoms with Gasteiger partial charge >= 0.3 is 0 Å². The molecule has 4 rings (SSSR count). The van der Waals surface area contributed by atoms with Gasteiger partial charge in [-0.25, -0.2) is 4.99 Å². The Morgan fingerprint density at radius 3 is 2.88 bits per heavy atom. The summed E-state index contributed by atoms with van der Waals surface area (Å²) in [5.74, 6) is 1.64. The van der Waals surface area contributed by atoms with E-state index in [9.17, 15) is 0 Å². The van der Waals surface area contributed by atoms with Crippen LogP contribution in [0.4, 0.5) is 5.69 Å². The lowest BCUT2D eigenvalue weighted by Crippen LogP contribution is -2.61. The van der Waals surface area contributed by atoms with E-state index in [2.05, 4.69) is 43.4 Å². The van der Waals surface area contributed by atoms with Crippen molar-refractivity contribution in [2.45, 2.75) is 64.0 Å². The smallest absolute Gasteiger partial charge is 0.193 e. The minimum absolute atomic E-state index is 0.271. The number of guanidine groups is 1. The molecule has 3 unspecified atom stereocenters. The summed E-state index contributed by atoms with van der Waals surface area (Å²) in [5, 5.41) is 3.31. The van der Waals surface area contributed by atoms with Crippen molar-refractivity contribution in [1.29, 1.82) is 0 Å². The first-order valence-electron chi connectivity index (χ1n) is 9.42. The zero-order valence-corrected chi connectivity index (χ0v) is 14.8. The van der Waals surface area contributed by atoms with Crippen LogP contribution in [0.2, 0.25) is 0 Å². The molecule has 1 aliphatic heterocycles. The van der Waals surface area contributed by atoms with Crippen LogP contribution >= 0.6 is 0 Å². The van der Waals surface area contributed by atoms with Gasteiger partial charge in [-0.15, -0.1) is 0 Å². The molecule has 2 saturated carbocycles. The predicted octanol–water partition coefficient (Wildman–Crippen LogP) is 3.88. The Balaban J connectivity index is 1.51. The second-order valence-electron chi connectivity index (χ2n) is 8.05. The average molecular weight is 327 g/mol. The highest BCUT2D eigenvalue weighted by Gasteiger charge is 2.65. The minimum atomic E-state index is 0.271. The molecule has 0 radical (unpaired) electrons. The summed E-state index contributed by atoms with van der Waals surface area (Å²) in [6, 6.07) is 8.80. The first-order valence-corrected chi connectivity index (χ1v) is 9.42. The topological polar surface area (TPSA) is 59.6 Å². The molecule has 4 nitrogen and oxygen atoms in total. The number of nitrogens with zero attached hydrogens (tertiary/aromatic N) is 1. The fourth-order valence-electron chi connectivity index (χ4n) is 5.14. The molecule has 1 aromatic rings. The van der Waals surface area contributed by atoms with Gasteiger partial charge in [0.2, 0.25) is 0 Å². The summed E-state index contributed by atoms with van der Waals surface area (Å²) < 4.78 is 6.03. The normalized spacial score (nSPS) is 31.3. The molecule has 2 aliphatic carbocycles. The Hall–Kier alpha value is -1.55. The second kappa shape index (κ2) is 6.07. The quantitative estimate of drug-likeness (QED) is 0.654. The molecular weight excluding hydrogens is 298 g/mol. The third-order valence-electron chi connectivity index (χ3n) is 6.34. The zero-order valence-electron chi connectivity index (χ0n) is 14.8. The van der Waals surface area contributed by atoms with Gasteiger partial charge in [0.1, 0.15) is 0 Å². The fourth-order valence-corrected chi connectivity index (χ4v) is 5.14. The summed E-state index contributed by atoms with van der Waals surface area (Å²) in [4.78, 5) is 4.93. The van der Waals surface area contributed by atoms with Crippen molar-refractivity contribution in [2.24, 2.45) is 22.1 Å². The van der Waals surface area contributed by atoms with Crippen molar-refractivity contribution in [3.63, 3.8) is 0 Å². The maximum atomic E-state index is 6.27. The molecule has 24 heavy (non-hydrogen) atoms. The molecule has 130 valence electrons. The van der Waals surface area contributed by atoms with E-state index in [0.717, 1.165) is 18.7 Å². The first kappa shape index (κ1) is 15.9. The molecule has 0 aromatic heterocycles. The van der Waals surface area contributed by atoms with Crippen LogP contribution in [0.1, 0.15) is 57.4 Å². The van der Waals surface area contributed by atoms with E-state index >= 15 is 0 Å². The van der Waals surface area contributed by atoms with Gasteiger partial charge in [0.15, 0.2) is 5.96 Å². The van der Waals surface area contributed by atoms with Gasteiger partial charge in [-0.3, -0.25) is 0 Å². The van der Waals surface area contributed by atoms with Crippen LogP contribution in [-0.2, 0) is 4.74 Å². The molecule has 1 aromatic carbocycles. The Bertz CT molecular complexity index is 634. The summed E-state index contributed by atoms with van der Waals surface area (Å²) in [6.45, 7) is 5.30. The molecular formula is C20H29N3O. The second-order valence-corrected chi connectivity index (χ2v) is 8.05. The van der Waals surface area contributed by atoms with Crippen molar-refractivity contribution in [2.75, 3.05) is 11.9 Å². The van der Waals surface area contributed by atoms with Crippen LogP contribution in [0.25, 0.3) is 0 Å². The number of ether oxygens (including phenoxy) is 1. The summed E-state index contributed by atoms with van der Waals surface area (Å²) in [5.41, 5.74) is 8.89. The van der Waals surface area contributed by atoms with Crippen molar-refractivity contribution >= 4 is 11.6 Å². The number of nitrogens with one attached hydrogen (secondary N) is 1. The van der Waals surface area contributed by atoms with E-state index in [1.807, 2.05) is 0 Å². The van der Waals surface area contributed by atoms with Crippen LogP contribution < -0.4 is 11.1 Å². The average Bonchev–Trinajstić information content (AvgIpc) is 3.21. The van der Waals surface area contributed by atoms with E-state index < -0.39 is 0 Å². The SMILES string of the molecule is CC(C)c1cccc(NC(N)=NC2C3CCOC3C23CCCC3)c1. The predicted molar refractivity (Wildman–Crippen MR) is 98.3 cm³/mol. The van der Waals surface area contributed by atoms with Crippen LogP contribution in [-0.4, -0.2) is 24.7 Å². The van der Waals surface area contributed by atoms with Crippen LogP contribution in [0.3, 0.4) is 0 Å². The summed E-state index contributed by atoms with van der Waals surface area (Å²) >= 11 is 0. The zero-order chi connectivity index (χ0) is 16.7. The van der Waals surface area contributed by atoms with Crippen molar-refractivity contribution in [1.82, 2.24) is 0 Å². The number of hydrogen-bond acceptors (Lipinski definition) is 2. The largest absolute Gasteiger partial charge is 0.377 e. The lowest BCUT2D eigenvalue weighted by Gasteiger charge is -2.54. The van der Waals surface area contributed by atoms with Crippen LogP contribution in [0, 0.1) is 11.3 Å². The highest BCUT2D eigenvalue weighted by atomic mass is 16.5. The Kier molecular flexibility index (Phi) is 4.03. The number of fused-ring (bicyclic) bond motifs is 2. The molecule has 0 amide bonds. The molecule has 3 N–H and O–H groups in total. The Morgan fingerprint density at radius 1 is 1.33 bits per heavy atom. The molecule has 3 fully saturated rings. The van der Waals surface area contributed by atoms with Gasteiger partial charge in [0, 0.05) is 23.6 Å². The number of rotatable bonds is 3. The number of nitrogens with two attached hydrogens (primary N) is 1. The van der Waals surface area contributed by atoms with Gasteiger partial charge < -0.3 is 15.8 Å². The van der Waals surface area contributed by atoms with Gasteiger partial charge in [-0.1, -0.05) is 38.8 Å². The lowest BCUT2D eigenvalue weighted by atomic mass is 9.54. The summed E-state index contributed by atoms with van der Waals surface area (Å²) in [6.07, 6.45) is 6.68. The van der Waals surface area contributed by atoms with Crippen molar-refractivity contribution < 1.29 is 4.74 Å². The van der Waals surface area contributed by atoms with Gasteiger partial charge in [-0.05, 0) is 42.9 Å². The van der Waals surface area contributed by atoms with Gasteiger partial charge in [0.05, 0.1) is 12.1 Å². The van der Waals surface area contributed by atoms with E-state index in [-0.39, 0.29) is 5.41 Å². The Labute approximate surface area is 144 Å². The van der Waals surface area contributed by atoms with Crippen LogP contribution in [0.5, 0.6) is 0 Å².